The molecule has 3 aromatic rings. The van der Waals surface area contributed by atoms with Gasteiger partial charge in [0.1, 0.15) is 5.82 Å². The maximum Gasteiger partial charge on any atom is 0.256 e. The van der Waals surface area contributed by atoms with Gasteiger partial charge in [-0.05, 0) is 54.0 Å². The number of amides is 1. The topological polar surface area (TPSA) is 56.1 Å². The second-order valence-electron chi connectivity index (χ2n) is 5.83. The first-order valence-electron chi connectivity index (χ1n) is 8.04. The minimum atomic E-state index is -0.793. The molecule has 0 radical (unpaired) electrons. The van der Waals surface area contributed by atoms with Crippen LogP contribution in [0.25, 0.3) is 0 Å². The van der Waals surface area contributed by atoms with Crippen molar-refractivity contribution in [3.05, 3.63) is 75.5 Å². The molecule has 5 nitrogen and oxygen atoms in total. The molecular formula is C19H16BrF2N3O2. The first-order chi connectivity index (χ1) is 12.9. The number of anilines is 1. The van der Waals surface area contributed by atoms with Crippen LogP contribution in [-0.2, 0) is 6.73 Å². The molecule has 1 N–H and O–H groups in total. The summed E-state index contributed by atoms with van der Waals surface area (Å²) in [5, 5.41) is 7.15. The maximum atomic E-state index is 13.7. The van der Waals surface area contributed by atoms with Gasteiger partial charge in [-0.2, -0.15) is 5.10 Å². The van der Waals surface area contributed by atoms with Gasteiger partial charge in [0.25, 0.3) is 5.91 Å². The highest BCUT2D eigenvalue weighted by atomic mass is 79.9. The Bertz CT molecular complexity index is 1000. The number of nitrogens with zero attached hydrogens (tertiary/aromatic N) is 2. The third-order valence-corrected chi connectivity index (χ3v) is 4.67. The number of ether oxygens (including phenoxy) is 1. The summed E-state index contributed by atoms with van der Waals surface area (Å²) in [6, 6.07) is 10.2. The summed E-state index contributed by atoms with van der Waals surface area (Å²) in [5.74, 6) is -1.83. The average molecular weight is 436 g/mol. The Morgan fingerprint density at radius 1 is 1.22 bits per heavy atom. The van der Waals surface area contributed by atoms with Crippen LogP contribution < -0.4 is 10.1 Å². The van der Waals surface area contributed by atoms with Gasteiger partial charge in [-0.15, -0.1) is 0 Å². The fraction of sp³-hybridized carbons (Fsp3) is 0.158. The highest BCUT2D eigenvalue weighted by Gasteiger charge is 2.17. The zero-order valence-electron chi connectivity index (χ0n) is 14.6. The van der Waals surface area contributed by atoms with Gasteiger partial charge in [-0.25, -0.2) is 13.5 Å². The Morgan fingerprint density at radius 3 is 2.67 bits per heavy atom. The second kappa shape index (κ2) is 7.87. The second-order valence-corrected chi connectivity index (χ2v) is 6.68. The lowest BCUT2D eigenvalue weighted by Crippen LogP contribution is -2.14. The molecular weight excluding hydrogens is 420 g/mol. The summed E-state index contributed by atoms with van der Waals surface area (Å²) in [5.41, 5.74) is 2.29. The molecule has 3 rings (SSSR count). The number of aryl methyl sites for hydroxylation is 1. The number of carbonyl (C=O) groups excluding carboxylic acids is 1. The lowest BCUT2D eigenvalue weighted by molar-refractivity contribution is 0.102. The van der Waals surface area contributed by atoms with E-state index in [-0.39, 0.29) is 18.4 Å². The summed E-state index contributed by atoms with van der Waals surface area (Å²) in [7, 11) is 0. The van der Waals surface area contributed by atoms with Crippen LogP contribution >= 0.6 is 15.9 Å². The molecule has 1 amide bonds. The van der Waals surface area contributed by atoms with Crippen LogP contribution in [0, 0.1) is 25.5 Å². The van der Waals surface area contributed by atoms with Crippen molar-refractivity contribution in [2.45, 2.75) is 20.6 Å². The molecule has 0 atom stereocenters. The first-order valence-corrected chi connectivity index (χ1v) is 8.84. The number of rotatable bonds is 5. The van der Waals surface area contributed by atoms with E-state index in [9.17, 15) is 13.6 Å². The van der Waals surface area contributed by atoms with Crippen LogP contribution in [0.1, 0.15) is 21.7 Å². The van der Waals surface area contributed by atoms with Crippen molar-refractivity contribution in [3.63, 3.8) is 0 Å². The molecule has 8 heteroatoms. The first kappa shape index (κ1) is 19.0. The Hall–Kier alpha value is -2.74. The summed E-state index contributed by atoms with van der Waals surface area (Å²) in [6.45, 7) is 3.43. The van der Waals surface area contributed by atoms with Crippen molar-refractivity contribution in [3.8, 4) is 5.75 Å². The van der Waals surface area contributed by atoms with Crippen molar-refractivity contribution in [2.24, 2.45) is 0 Å². The molecule has 1 heterocycles. The van der Waals surface area contributed by atoms with E-state index in [0.717, 1.165) is 12.1 Å². The number of hydrogen-bond acceptors (Lipinski definition) is 3. The van der Waals surface area contributed by atoms with E-state index in [2.05, 4.69) is 26.3 Å². The minimum Gasteiger partial charge on any atom is -0.468 e. The third kappa shape index (κ3) is 4.16. The van der Waals surface area contributed by atoms with Crippen LogP contribution in [0.4, 0.5) is 14.5 Å². The summed E-state index contributed by atoms with van der Waals surface area (Å²) >= 11 is 3.35. The SMILES string of the molecule is Cc1nn(COc2ccc(F)cc2F)c(C)c1NC(=O)c1ccccc1Br. The summed E-state index contributed by atoms with van der Waals surface area (Å²) in [4.78, 5) is 12.5. The number of benzene rings is 2. The van der Waals surface area contributed by atoms with E-state index < -0.39 is 11.6 Å². The molecule has 140 valence electrons. The molecule has 0 saturated carbocycles. The van der Waals surface area contributed by atoms with Gasteiger partial charge in [-0.3, -0.25) is 4.79 Å². The van der Waals surface area contributed by atoms with Crippen molar-refractivity contribution in [1.82, 2.24) is 9.78 Å². The molecule has 0 spiro atoms. The Kier molecular flexibility index (Phi) is 5.55. The predicted molar refractivity (Wildman–Crippen MR) is 101 cm³/mol. The van der Waals surface area contributed by atoms with Crippen LogP contribution in [0.2, 0.25) is 0 Å². The van der Waals surface area contributed by atoms with Crippen LogP contribution in [0.15, 0.2) is 46.9 Å². The normalized spacial score (nSPS) is 10.7. The Morgan fingerprint density at radius 2 is 1.96 bits per heavy atom. The van der Waals surface area contributed by atoms with E-state index in [1.54, 1.807) is 32.0 Å². The minimum absolute atomic E-state index is 0.0808. The number of halogens is 3. The molecule has 0 aliphatic heterocycles. The molecule has 0 unspecified atom stereocenters. The van der Waals surface area contributed by atoms with Gasteiger partial charge in [0.2, 0.25) is 0 Å². The molecule has 1 aromatic heterocycles. The molecule has 0 fully saturated rings. The molecule has 0 aliphatic carbocycles. The van der Waals surface area contributed by atoms with Gasteiger partial charge in [0.15, 0.2) is 18.3 Å². The lowest BCUT2D eigenvalue weighted by Gasteiger charge is -2.10. The summed E-state index contributed by atoms with van der Waals surface area (Å²) in [6.07, 6.45) is 0. The lowest BCUT2D eigenvalue weighted by atomic mass is 10.2. The average Bonchev–Trinajstić information content (AvgIpc) is 2.89. The predicted octanol–water partition coefficient (Wildman–Crippen LogP) is 4.83. The Balaban J connectivity index is 1.76. The van der Waals surface area contributed by atoms with Crippen molar-refractivity contribution < 1.29 is 18.3 Å². The van der Waals surface area contributed by atoms with Crippen LogP contribution in [0.5, 0.6) is 5.75 Å². The fourth-order valence-corrected chi connectivity index (χ4v) is 3.02. The number of aromatic nitrogens is 2. The van der Waals surface area contributed by atoms with Gasteiger partial charge in [0, 0.05) is 10.5 Å². The molecule has 0 saturated heterocycles. The molecule has 2 aromatic carbocycles. The van der Waals surface area contributed by atoms with Crippen LogP contribution in [-0.4, -0.2) is 15.7 Å². The van der Waals surface area contributed by atoms with E-state index in [4.69, 9.17) is 4.74 Å². The highest BCUT2D eigenvalue weighted by Crippen LogP contribution is 2.24. The van der Waals surface area contributed by atoms with Gasteiger partial charge < -0.3 is 10.1 Å². The van der Waals surface area contributed by atoms with Gasteiger partial charge in [-0.1, -0.05) is 12.1 Å². The van der Waals surface area contributed by atoms with Crippen LogP contribution in [0.3, 0.4) is 0 Å². The number of nitrogens with one attached hydrogen (secondary N) is 1. The standard InChI is InChI=1S/C19H16BrF2N3O2/c1-11-18(23-19(26)14-5-3-4-6-15(14)20)12(2)25(24-11)10-27-17-8-7-13(21)9-16(17)22/h3-9H,10H2,1-2H3,(H,23,26). The highest BCUT2D eigenvalue weighted by molar-refractivity contribution is 9.10. The fourth-order valence-electron chi connectivity index (χ4n) is 2.55. The van der Waals surface area contributed by atoms with Gasteiger partial charge in [0.05, 0.1) is 22.6 Å². The monoisotopic (exact) mass is 435 g/mol. The van der Waals surface area contributed by atoms with Crippen molar-refractivity contribution in [1.29, 1.82) is 0 Å². The quantitative estimate of drug-likeness (QED) is 0.624. The van der Waals surface area contributed by atoms with E-state index >= 15 is 0 Å². The zero-order chi connectivity index (χ0) is 19.6. The van der Waals surface area contributed by atoms with Gasteiger partial charge >= 0.3 is 0 Å². The zero-order valence-corrected chi connectivity index (χ0v) is 16.2. The largest absolute Gasteiger partial charge is 0.468 e. The molecule has 0 bridgehead atoms. The molecule has 0 aliphatic rings. The number of hydrogen-bond donors (Lipinski definition) is 1. The van der Waals surface area contributed by atoms with E-state index in [1.807, 2.05) is 6.07 Å². The van der Waals surface area contributed by atoms with E-state index in [0.29, 0.717) is 27.1 Å². The maximum absolute atomic E-state index is 13.7. The van der Waals surface area contributed by atoms with Crippen molar-refractivity contribution in [2.75, 3.05) is 5.32 Å². The number of carbonyl (C=O) groups is 1. The molecule has 27 heavy (non-hydrogen) atoms. The third-order valence-electron chi connectivity index (χ3n) is 3.97. The Labute approximate surface area is 163 Å². The smallest absolute Gasteiger partial charge is 0.256 e. The summed E-state index contributed by atoms with van der Waals surface area (Å²) < 4.78 is 34.2. The van der Waals surface area contributed by atoms with Crippen molar-refractivity contribution >= 4 is 27.5 Å². The van der Waals surface area contributed by atoms with E-state index in [1.165, 1.54) is 10.7 Å².